The van der Waals surface area contributed by atoms with Crippen molar-refractivity contribution in [2.45, 2.75) is 31.7 Å². The van der Waals surface area contributed by atoms with Gasteiger partial charge in [-0.3, -0.25) is 19.0 Å². The average molecular weight is 471 g/mol. The summed E-state index contributed by atoms with van der Waals surface area (Å²) in [6.45, 7) is 2.53. The van der Waals surface area contributed by atoms with Crippen LogP contribution in [0.4, 0.5) is 23.1 Å². The number of carbonyl (C=O) groups is 2. The molecule has 3 heterocycles. The van der Waals surface area contributed by atoms with Crippen molar-refractivity contribution in [3.8, 4) is 5.75 Å². The molecule has 34 heavy (non-hydrogen) atoms. The van der Waals surface area contributed by atoms with Crippen LogP contribution >= 0.6 is 0 Å². The number of piperidine rings is 1. The molecular weight excluding hydrogens is 440 g/mol. The minimum Gasteiger partial charge on any atom is -0.495 e. The van der Waals surface area contributed by atoms with Gasteiger partial charge in [-0.15, -0.1) is 0 Å². The molecule has 0 spiro atoms. The molecule has 11 nitrogen and oxygen atoms in total. The van der Waals surface area contributed by atoms with Gasteiger partial charge in [0.15, 0.2) is 5.82 Å². The molecule has 0 saturated carbocycles. The number of aromatic nitrogens is 2. The molecule has 0 aliphatic carbocycles. The van der Waals surface area contributed by atoms with Crippen LogP contribution in [0.25, 0.3) is 0 Å². The summed E-state index contributed by atoms with van der Waals surface area (Å²) >= 11 is 0. The Morgan fingerprint density at radius 1 is 1.21 bits per heavy atom. The number of benzene rings is 1. The number of hydrogen-bond acceptors (Lipinski definition) is 9. The van der Waals surface area contributed by atoms with Crippen molar-refractivity contribution in [3.63, 3.8) is 0 Å². The van der Waals surface area contributed by atoms with Gasteiger partial charge in [0.05, 0.1) is 12.8 Å². The van der Waals surface area contributed by atoms with Crippen molar-refractivity contribution < 1.29 is 19.1 Å². The summed E-state index contributed by atoms with van der Waals surface area (Å²) < 4.78 is 12.3. The lowest BCUT2D eigenvalue weighted by Crippen LogP contribution is -2.35. The fraction of sp³-hybridized carbons (Fsp3) is 0.478. The van der Waals surface area contributed by atoms with E-state index < -0.39 is 11.5 Å². The third-order valence-corrected chi connectivity index (χ3v) is 6.20. The number of primary amides is 1. The van der Waals surface area contributed by atoms with Gasteiger partial charge >= 0.3 is 0 Å². The normalized spacial score (nSPS) is 16.9. The van der Waals surface area contributed by atoms with E-state index in [1.807, 2.05) is 12.1 Å². The van der Waals surface area contributed by atoms with E-state index in [2.05, 4.69) is 20.5 Å². The maximum Gasteiger partial charge on any atom is 0.269 e. The summed E-state index contributed by atoms with van der Waals surface area (Å²) in [5.74, 6) is 0.406. The molecule has 0 bridgehead atoms. The highest BCUT2D eigenvalue weighted by Gasteiger charge is 2.23. The highest BCUT2D eigenvalue weighted by Crippen LogP contribution is 2.34. The molecule has 2 fully saturated rings. The zero-order chi connectivity index (χ0) is 24.2. The molecule has 2 aromatic rings. The van der Waals surface area contributed by atoms with Crippen molar-refractivity contribution in [2.24, 2.45) is 12.8 Å². The summed E-state index contributed by atoms with van der Waals surface area (Å²) in [7, 11) is 3.12. The van der Waals surface area contributed by atoms with Crippen LogP contribution < -0.4 is 31.6 Å². The number of nitrogens with zero attached hydrogens (tertiary/aromatic N) is 3. The van der Waals surface area contributed by atoms with Crippen LogP contribution in [0.5, 0.6) is 5.75 Å². The summed E-state index contributed by atoms with van der Waals surface area (Å²) in [5, 5.41) is 6.35. The zero-order valence-electron chi connectivity index (χ0n) is 19.4. The van der Waals surface area contributed by atoms with Crippen molar-refractivity contribution in [2.75, 3.05) is 48.9 Å². The van der Waals surface area contributed by atoms with Crippen LogP contribution in [-0.2, 0) is 16.6 Å². The van der Waals surface area contributed by atoms with Gasteiger partial charge in [-0.1, -0.05) is 0 Å². The van der Waals surface area contributed by atoms with Crippen molar-refractivity contribution >= 4 is 34.8 Å². The summed E-state index contributed by atoms with van der Waals surface area (Å²) in [5.41, 5.74) is 6.22. The molecule has 0 unspecified atom stereocenters. The Kier molecular flexibility index (Phi) is 7.01. The van der Waals surface area contributed by atoms with Crippen molar-refractivity contribution in [1.82, 2.24) is 9.55 Å². The number of ketones is 1. The van der Waals surface area contributed by atoms with Gasteiger partial charge in [-0.25, -0.2) is 0 Å². The van der Waals surface area contributed by atoms with E-state index in [0.29, 0.717) is 56.5 Å². The monoisotopic (exact) mass is 470 g/mol. The van der Waals surface area contributed by atoms with Crippen molar-refractivity contribution in [3.05, 3.63) is 34.1 Å². The van der Waals surface area contributed by atoms with Gasteiger partial charge in [-0.05, 0) is 25.0 Å². The number of Topliss-reactive ketones (excluding diaryl/α,β-unsaturated/α-hetero) is 1. The number of hydrogen-bond donors (Lipinski definition) is 3. The summed E-state index contributed by atoms with van der Waals surface area (Å²) in [4.78, 5) is 43.3. The Hall–Kier alpha value is -3.60. The van der Waals surface area contributed by atoms with Crippen LogP contribution in [0.2, 0.25) is 0 Å². The maximum absolute atomic E-state index is 13.0. The van der Waals surface area contributed by atoms with E-state index in [0.717, 1.165) is 18.5 Å². The first-order valence-electron chi connectivity index (χ1n) is 11.3. The number of carbonyl (C=O) groups excluding carboxylic acids is 2. The molecule has 4 N–H and O–H groups in total. The third-order valence-electron chi connectivity index (χ3n) is 6.20. The standard InChI is InChI=1S/C23H30N6O5/c1-28-22(32)19(20(24)31)21(27-23(28)26-14-7-11-34-12-8-14)25-15-3-4-17(18(13-15)33-2)29-9-5-16(30)6-10-29/h3-4,13-14,25H,5-12H2,1-2H3,(H2,24,31)(H,26,27). The number of rotatable bonds is 7. The first-order valence-corrected chi connectivity index (χ1v) is 11.3. The second-order valence-electron chi connectivity index (χ2n) is 8.46. The van der Waals surface area contributed by atoms with E-state index in [4.69, 9.17) is 15.2 Å². The Balaban J connectivity index is 1.64. The number of nitrogens with two attached hydrogens (primary N) is 1. The van der Waals surface area contributed by atoms with E-state index in [1.54, 1.807) is 20.2 Å². The zero-order valence-corrected chi connectivity index (χ0v) is 19.4. The molecular formula is C23H30N6O5. The van der Waals surface area contributed by atoms with Gasteiger partial charge in [0.25, 0.3) is 11.5 Å². The quantitative estimate of drug-likeness (QED) is 0.547. The molecule has 2 saturated heterocycles. The van der Waals surface area contributed by atoms with Crippen LogP contribution in [0.1, 0.15) is 36.0 Å². The fourth-order valence-corrected chi connectivity index (χ4v) is 4.22. The molecule has 182 valence electrons. The van der Waals surface area contributed by atoms with Gasteiger partial charge < -0.3 is 30.7 Å². The number of nitrogens with one attached hydrogen (secondary N) is 2. The van der Waals surface area contributed by atoms with Crippen LogP contribution in [0.15, 0.2) is 23.0 Å². The molecule has 1 aromatic carbocycles. The average Bonchev–Trinajstić information content (AvgIpc) is 2.83. The molecule has 1 amide bonds. The second kappa shape index (κ2) is 10.1. The van der Waals surface area contributed by atoms with E-state index in [1.165, 1.54) is 4.57 Å². The topological polar surface area (TPSA) is 141 Å². The molecule has 11 heteroatoms. The Labute approximate surface area is 197 Å². The van der Waals surface area contributed by atoms with Crippen LogP contribution in [-0.4, -0.2) is 60.7 Å². The van der Waals surface area contributed by atoms with E-state index >= 15 is 0 Å². The Bertz CT molecular complexity index is 1130. The second-order valence-corrected chi connectivity index (χ2v) is 8.46. The third kappa shape index (κ3) is 4.98. The minimum atomic E-state index is -0.866. The van der Waals surface area contributed by atoms with Gasteiger partial charge in [0.1, 0.15) is 17.1 Å². The van der Waals surface area contributed by atoms with Gasteiger partial charge in [0.2, 0.25) is 5.95 Å². The van der Waals surface area contributed by atoms with Gasteiger partial charge in [-0.2, -0.15) is 4.98 Å². The number of ether oxygens (including phenoxy) is 2. The smallest absolute Gasteiger partial charge is 0.269 e. The summed E-state index contributed by atoms with van der Waals surface area (Å²) in [6, 6.07) is 5.56. The predicted molar refractivity (Wildman–Crippen MR) is 128 cm³/mol. The number of amides is 1. The van der Waals surface area contributed by atoms with E-state index in [9.17, 15) is 14.4 Å². The van der Waals surface area contributed by atoms with E-state index in [-0.39, 0.29) is 23.2 Å². The lowest BCUT2D eigenvalue weighted by Gasteiger charge is -2.29. The highest BCUT2D eigenvalue weighted by atomic mass is 16.5. The summed E-state index contributed by atoms with van der Waals surface area (Å²) in [6.07, 6.45) is 2.59. The van der Waals surface area contributed by atoms with Crippen LogP contribution in [0, 0.1) is 0 Å². The maximum atomic E-state index is 13.0. The predicted octanol–water partition coefficient (Wildman–Crippen LogP) is 1.39. The largest absolute Gasteiger partial charge is 0.495 e. The Morgan fingerprint density at radius 2 is 1.91 bits per heavy atom. The van der Waals surface area contributed by atoms with Gasteiger partial charge in [0, 0.05) is 64.0 Å². The fourth-order valence-electron chi connectivity index (χ4n) is 4.22. The first-order chi connectivity index (χ1) is 16.4. The lowest BCUT2D eigenvalue weighted by molar-refractivity contribution is -0.119. The molecule has 2 aliphatic rings. The van der Waals surface area contributed by atoms with Crippen molar-refractivity contribution in [1.29, 1.82) is 0 Å². The molecule has 1 aromatic heterocycles. The number of anilines is 4. The first kappa shape index (κ1) is 23.6. The Morgan fingerprint density at radius 3 is 2.56 bits per heavy atom. The SMILES string of the molecule is COc1cc(Nc2nc(NC3CCOCC3)n(C)c(=O)c2C(N)=O)ccc1N1CCC(=O)CC1. The lowest BCUT2D eigenvalue weighted by atomic mass is 10.1. The minimum absolute atomic E-state index is 0.0727. The highest BCUT2D eigenvalue weighted by molar-refractivity contribution is 5.98. The van der Waals surface area contributed by atoms with Crippen LogP contribution in [0.3, 0.4) is 0 Å². The molecule has 0 atom stereocenters. The molecule has 2 aliphatic heterocycles. The number of methoxy groups -OCH3 is 1. The molecule has 0 radical (unpaired) electrons. The molecule has 4 rings (SSSR count).